The van der Waals surface area contributed by atoms with E-state index < -0.39 is 32.5 Å². The summed E-state index contributed by atoms with van der Waals surface area (Å²) < 4.78 is 32.8. The van der Waals surface area contributed by atoms with Crippen molar-refractivity contribution >= 4 is 19.8 Å². The van der Waals surface area contributed by atoms with Crippen molar-refractivity contribution in [1.29, 1.82) is 0 Å². The second kappa shape index (κ2) is 43.0. The minimum atomic E-state index is -4.39. The second-order valence-electron chi connectivity index (χ2n) is 14.5. The van der Waals surface area contributed by atoms with Crippen LogP contribution in [-0.4, -0.2) is 49.3 Å². The van der Waals surface area contributed by atoms with E-state index in [0.29, 0.717) is 12.8 Å². The molecule has 0 aromatic heterocycles. The molecule has 0 aliphatic carbocycles. The lowest BCUT2D eigenvalue weighted by atomic mass is 10.1. The van der Waals surface area contributed by atoms with E-state index in [1.165, 1.54) is 64.2 Å². The van der Waals surface area contributed by atoms with Crippen LogP contribution in [0.2, 0.25) is 0 Å². The highest BCUT2D eigenvalue weighted by Gasteiger charge is 2.26. The molecule has 2 atom stereocenters. The second-order valence-corrected chi connectivity index (χ2v) is 16.0. The van der Waals surface area contributed by atoms with Crippen LogP contribution in [0.5, 0.6) is 0 Å². The molecule has 0 bridgehead atoms. The molecule has 0 rings (SSSR count). The third-order valence-electron chi connectivity index (χ3n) is 9.08. The highest BCUT2D eigenvalue weighted by molar-refractivity contribution is 7.47. The molecule has 3 N–H and O–H groups in total. The maximum atomic E-state index is 12.6. The maximum absolute atomic E-state index is 12.6. The molecule has 0 aromatic rings. The van der Waals surface area contributed by atoms with Gasteiger partial charge in [0.25, 0.3) is 0 Å². The number of phosphoric acid groups is 1. The molecule has 0 spiro atoms. The minimum absolute atomic E-state index is 0.0446. The van der Waals surface area contributed by atoms with Gasteiger partial charge in [0.15, 0.2) is 6.10 Å². The summed E-state index contributed by atoms with van der Waals surface area (Å²) in [5.74, 6) is -0.875. The molecule has 0 aliphatic heterocycles. The predicted octanol–water partition coefficient (Wildman–Crippen LogP) is 13.1. The molecule has 57 heavy (non-hydrogen) atoms. The third kappa shape index (κ3) is 42.9. The number of hydrogen-bond donors (Lipinski definition) is 2. The lowest BCUT2D eigenvalue weighted by molar-refractivity contribution is -0.161. The van der Waals surface area contributed by atoms with Crippen molar-refractivity contribution in [2.45, 2.75) is 187 Å². The van der Waals surface area contributed by atoms with Crippen LogP contribution in [0.4, 0.5) is 0 Å². The zero-order valence-corrected chi connectivity index (χ0v) is 36.9. The van der Waals surface area contributed by atoms with Gasteiger partial charge >= 0.3 is 19.8 Å². The van der Waals surface area contributed by atoms with Gasteiger partial charge in [-0.25, -0.2) is 4.57 Å². The lowest BCUT2D eigenvalue weighted by Gasteiger charge is -2.19. The number of esters is 2. The van der Waals surface area contributed by atoms with Gasteiger partial charge in [-0.1, -0.05) is 157 Å². The highest BCUT2D eigenvalue weighted by Crippen LogP contribution is 2.43. The van der Waals surface area contributed by atoms with E-state index in [0.717, 1.165) is 77.0 Å². The molecule has 328 valence electrons. The van der Waals surface area contributed by atoms with Crippen LogP contribution < -0.4 is 5.73 Å². The Balaban J connectivity index is 4.22. The van der Waals surface area contributed by atoms with E-state index in [9.17, 15) is 19.0 Å². The summed E-state index contributed by atoms with van der Waals surface area (Å²) in [5.41, 5.74) is 5.35. The monoisotopic (exact) mass is 820 g/mol. The van der Waals surface area contributed by atoms with Crippen molar-refractivity contribution in [1.82, 2.24) is 0 Å². The van der Waals surface area contributed by atoms with Crippen molar-refractivity contribution in [2.24, 2.45) is 5.73 Å². The summed E-state index contributed by atoms with van der Waals surface area (Å²) in [7, 11) is -4.39. The Kier molecular flexibility index (Phi) is 41.1. The average molecular weight is 820 g/mol. The molecule has 0 amide bonds. The first-order chi connectivity index (χ1) is 27.8. The number of hydrogen-bond acceptors (Lipinski definition) is 8. The summed E-state index contributed by atoms with van der Waals surface area (Å²) in [4.78, 5) is 34.9. The Morgan fingerprint density at radius 1 is 0.544 bits per heavy atom. The zero-order valence-electron chi connectivity index (χ0n) is 36.0. The molecule has 0 aliphatic rings. The first-order valence-electron chi connectivity index (χ1n) is 22.4. The van der Waals surface area contributed by atoms with Crippen molar-refractivity contribution in [2.75, 3.05) is 26.4 Å². The molecule has 9 nitrogen and oxygen atoms in total. The Morgan fingerprint density at radius 2 is 0.965 bits per heavy atom. The molecule has 0 heterocycles. The van der Waals surface area contributed by atoms with Gasteiger partial charge < -0.3 is 20.1 Å². The average Bonchev–Trinajstić information content (AvgIpc) is 3.20. The van der Waals surface area contributed by atoms with Crippen molar-refractivity contribution in [3.8, 4) is 0 Å². The molecule has 0 aromatic carbocycles. The number of nitrogens with two attached hydrogens (primary N) is 1. The number of carbonyl (C=O) groups excluding carboxylic acids is 2. The van der Waals surface area contributed by atoms with E-state index >= 15 is 0 Å². The van der Waals surface area contributed by atoms with E-state index in [1.54, 1.807) is 0 Å². The molecule has 0 radical (unpaired) electrons. The number of allylic oxidation sites excluding steroid dienone is 12. The van der Waals surface area contributed by atoms with Gasteiger partial charge in [0.05, 0.1) is 13.2 Å². The van der Waals surface area contributed by atoms with Gasteiger partial charge in [0.2, 0.25) is 0 Å². The largest absolute Gasteiger partial charge is 0.472 e. The van der Waals surface area contributed by atoms with E-state index in [-0.39, 0.29) is 32.6 Å². The summed E-state index contributed by atoms with van der Waals surface area (Å²) in [6.07, 6.45) is 52.1. The van der Waals surface area contributed by atoms with Gasteiger partial charge in [0.1, 0.15) is 6.61 Å². The van der Waals surface area contributed by atoms with E-state index in [2.05, 4.69) is 86.8 Å². The molecule has 10 heteroatoms. The van der Waals surface area contributed by atoms with Crippen molar-refractivity contribution < 1.29 is 37.6 Å². The molecular formula is C47H82NO8P. The summed E-state index contributed by atoms with van der Waals surface area (Å²) >= 11 is 0. The Labute approximate surface area is 348 Å². The van der Waals surface area contributed by atoms with E-state index in [4.69, 9.17) is 24.3 Å². The molecule has 0 saturated carbocycles. The van der Waals surface area contributed by atoms with Gasteiger partial charge in [-0.05, 0) is 83.5 Å². The SMILES string of the molecule is CCC=CCC=CCC=CCC=CCC=CCCCCCC(=O)OCC(COP(=O)(O)OCCN)OC(=O)CCCCCCCCCC=CCCCCCCCC. The topological polar surface area (TPSA) is 134 Å². The maximum Gasteiger partial charge on any atom is 0.472 e. The quantitative estimate of drug-likeness (QED) is 0.0267. The van der Waals surface area contributed by atoms with Crippen LogP contribution in [0, 0.1) is 0 Å². The van der Waals surface area contributed by atoms with Gasteiger partial charge in [0, 0.05) is 19.4 Å². The molecular weight excluding hydrogens is 737 g/mol. The summed E-state index contributed by atoms with van der Waals surface area (Å²) in [6, 6.07) is 0. The van der Waals surface area contributed by atoms with Gasteiger partial charge in [-0.2, -0.15) is 0 Å². The molecule has 0 saturated heterocycles. The van der Waals surface area contributed by atoms with Crippen LogP contribution in [0.15, 0.2) is 72.9 Å². The predicted molar refractivity (Wildman–Crippen MR) is 238 cm³/mol. The van der Waals surface area contributed by atoms with Crippen LogP contribution in [0.25, 0.3) is 0 Å². The first kappa shape index (κ1) is 54.5. The van der Waals surface area contributed by atoms with Gasteiger partial charge in [-0.3, -0.25) is 18.6 Å². The highest BCUT2D eigenvalue weighted by atomic mass is 31.2. The zero-order chi connectivity index (χ0) is 41.8. The third-order valence-corrected chi connectivity index (χ3v) is 10.1. The van der Waals surface area contributed by atoms with E-state index in [1.807, 2.05) is 0 Å². The fourth-order valence-electron chi connectivity index (χ4n) is 5.77. The Hall–Kier alpha value is -2.55. The van der Waals surface area contributed by atoms with Crippen LogP contribution in [0.3, 0.4) is 0 Å². The van der Waals surface area contributed by atoms with Gasteiger partial charge in [-0.15, -0.1) is 0 Å². The summed E-state index contributed by atoms with van der Waals surface area (Å²) in [6.45, 7) is 3.56. The van der Waals surface area contributed by atoms with Crippen molar-refractivity contribution in [3.63, 3.8) is 0 Å². The Morgan fingerprint density at radius 3 is 1.47 bits per heavy atom. The first-order valence-corrected chi connectivity index (χ1v) is 23.9. The standard InChI is InChI=1S/C47H82NO8P/c1-3-5-7-9-11-13-15-17-19-21-22-24-25-27-29-31-33-35-37-39-46(49)53-43-45(44-55-57(51,52)54-42-41-48)56-47(50)40-38-36-34-32-30-28-26-23-20-18-16-14-12-10-8-6-4-2/h5,7,11,13,17-20,22,24,27,29,45H,3-4,6,8-10,12,14-16,21,23,25-26,28,30-44,48H2,1-2H3,(H,51,52). The smallest absolute Gasteiger partial charge is 0.462 e. The number of rotatable bonds is 41. The van der Waals surface area contributed by atoms with Crippen LogP contribution in [0.1, 0.15) is 181 Å². The van der Waals surface area contributed by atoms with Crippen LogP contribution in [-0.2, 0) is 32.7 Å². The fraction of sp³-hybridized carbons (Fsp3) is 0.702. The van der Waals surface area contributed by atoms with Crippen LogP contribution >= 0.6 is 7.82 Å². The normalized spacial score (nSPS) is 14.0. The number of ether oxygens (including phenoxy) is 2. The summed E-state index contributed by atoms with van der Waals surface area (Å²) in [5, 5.41) is 0. The number of phosphoric ester groups is 1. The fourth-order valence-corrected chi connectivity index (χ4v) is 6.54. The molecule has 0 fully saturated rings. The lowest BCUT2D eigenvalue weighted by Crippen LogP contribution is -2.29. The minimum Gasteiger partial charge on any atom is -0.462 e. The number of carbonyl (C=O) groups is 2. The number of unbranched alkanes of at least 4 members (excludes halogenated alkanes) is 16. The molecule has 2 unspecified atom stereocenters. The van der Waals surface area contributed by atoms with Crippen molar-refractivity contribution in [3.05, 3.63) is 72.9 Å². The Bertz CT molecular complexity index is 1160.